The Morgan fingerprint density at radius 1 is 1.10 bits per heavy atom. The molecular formula is C18H20ClNO. The molecule has 2 nitrogen and oxygen atoms in total. The van der Waals surface area contributed by atoms with Crippen LogP contribution in [0.2, 0.25) is 0 Å². The largest absolute Gasteiger partial charge is 0.316 e. The molecule has 3 heteroatoms. The molecule has 0 saturated carbocycles. The number of Topliss-reactive ketones (excluding diaryl/α,β-unsaturated/α-hetero) is 1. The van der Waals surface area contributed by atoms with Gasteiger partial charge in [0.15, 0.2) is 5.78 Å². The summed E-state index contributed by atoms with van der Waals surface area (Å²) in [4.78, 5) is 12.8. The first-order valence-corrected chi connectivity index (χ1v) is 7.63. The fourth-order valence-electron chi connectivity index (χ4n) is 3.76. The second kappa shape index (κ2) is 5.78. The Labute approximate surface area is 131 Å². The molecule has 0 radical (unpaired) electrons. The van der Waals surface area contributed by atoms with Crippen LogP contribution < -0.4 is 5.32 Å². The zero-order valence-corrected chi connectivity index (χ0v) is 12.8. The van der Waals surface area contributed by atoms with E-state index in [2.05, 4.69) is 35.6 Å². The summed E-state index contributed by atoms with van der Waals surface area (Å²) in [5.74, 6) is 0.481. The monoisotopic (exact) mass is 301 g/mol. The summed E-state index contributed by atoms with van der Waals surface area (Å²) in [5, 5.41) is 5.87. The van der Waals surface area contributed by atoms with Crippen LogP contribution in [0.15, 0.2) is 30.3 Å². The van der Waals surface area contributed by atoms with Gasteiger partial charge >= 0.3 is 0 Å². The molecule has 1 atom stereocenters. The number of carbonyl (C=O) groups is 1. The van der Waals surface area contributed by atoms with E-state index in [-0.39, 0.29) is 18.3 Å². The van der Waals surface area contributed by atoms with Gasteiger partial charge in [-0.25, -0.2) is 0 Å². The van der Waals surface area contributed by atoms with Gasteiger partial charge in [0, 0.05) is 18.0 Å². The SMILES string of the molecule is Cl.O=C(c1ccc2c3c(cccc13)CC2)C1CCCNC1. The summed E-state index contributed by atoms with van der Waals surface area (Å²) < 4.78 is 0. The minimum absolute atomic E-state index is 0. The van der Waals surface area contributed by atoms with Crippen LogP contribution in [0.1, 0.15) is 34.3 Å². The van der Waals surface area contributed by atoms with E-state index in [1.807, 2.05) is 0 Å². The van der Waals surface area contributed by atoms with Crippen LogP contribution >= 0.6 is 12.4 Å². The maximum atomic E-state index is 12.8. The molecule has 21 heavy (non-hydrogen) atoms. The highest BCUT2D eigenvalue weighted by Crippen LogP contribution is 2.34. The third kappa shape index (κ3) is 2.37. The highest BCUT2D eigenvalue weighted by Gasteiger charge is 2.25. The Bertz CT molecular complexity index is 679. The van der Waals surface area contributed by atoms with Gasteiger partial charge in [-0.05, 0) is 54.1 Å². The highest BCUT2D eigenvalue weighted by atomic mass is 35.5. The zero-order valence-electron chi connectivity index (χ0n) is 12.0. The lowest BCUT2D eigenvalue weighted by atomic mass is 9.88. The van der Waals surface area contributed by atoms with Gasteiger partial charge in [0.2, 0.25) is 0 Å². The van der Waals surface area contributed by atoms with E-state index < -0.39 is 0 Å². The second-order valence-corrected chi connectivity index (χ2v) is 6.02. The Balaban J connectivity index is 0.00000132. The van der Waals surface area contributed by atoms with Crippen LogP contribution in [0.5, 0.6) is 0 Å². The van der Waals surface area contributed by atoms with Crippen LogP contribution in [-0.4, -0.2) is 18.9 Å². The minimum Gasteiger partial charge on any atom is -0.316 e. The van der Waals surface area contributed by atoms with Crippen molar-refractivity contribution in [3.8, 4) is 0 Å². The molecule has 1 N–H and O–H groups in total. The average Bonchev–Trinajstić information content (AvgIpc) is 2.93. The van der Waals surface area contributed by atoms with Crippen molar-refractivity contribution in [1.29, 1.82) is 0 Å². The Morgan fingerprint density at radius 2 is 1.90 bits per heavy atom. The fourth-order valence-corrected chi connectivity index (χ4v) is 3.76. The molecular weight excluding hydrogens is 282 g/mol. The van der Waals surface area contributed by atoms with Crippen LogP contribution in [0.3, 0.4) is 0 Å². The van der Waals surface area contributed by atoms with Gasteiger partial charge in [0.1, 0.15) is 0 Å². The van der Waals surface area contributed by atoms with Gasteiger partial charge in [-0.1, -0.05) is 30.3 Å². The zero-order chi connectivity index (χ0) is 13.5. The normalized spacial score (nSPS) is 20.3. The molecule has 1 fully saturated rings. The Hall–Kier alpha value is -1.38. The highest BCUT2D eigenvalue weighted by molar-refractivity contribution is 6.11. The molecule has 0 bridgehead atoms. The van der Waals surface area contributed by atoms with Crippen LogP contribution in [0.4, 0.5) is 0 Å². The smallest absolute Gasteiger partial charge is 0.167 e. The molecule has 1 unspecified atom stereocenters. The molecule has 2 aromatic rings. The molecule has 0 spiro atoms. The number of aryl methyl sites for hydroxylation is 2. The lowest BCUT2D eigenvalue weighted by molar-refractivity contribution is 0.0901. The summed E-state index contributed by atoms with van der Waals surface area (Å²) in [7, 11) is 0. The van der Waals surface area contributed by atoms with E-state index >= 15 is 0 Å². The third-order valence-corrected chi connectivity index (χ3v) is 4.81. The number of piperidine rings is 1. The lowest BCUT2D eigenvalue weighted by Crippen LogP contribution is -2.34. The summed E-state index contributed by atoms with van der Waals surface area (Å²) in [5.41, 5.74) is 3.75. The van der Waals surface area contributed by atoms with Gasteiger partial charge in [-0.2, -0.15) is 0 Å². The number of ketones is 1. The molecule has 2 aliphatic rings. The number of benzene rings is 2. The molecule has 1 aliphatic heterocycles. The molecule has 1 heterocycles. The molecule has 0 aromatic heterocycles. The summed E-state index contributed by atoms with van der Waals surface area (Å²) in [6.45, 7) is 1.88. The number of nitrogens with one attached hydrogen (secondary N) is 1. The van der Waals surface area contributed by atoms with Crippen LogP contribution in [0, 0.1) is 5.92 Å². The first kappa shape index (κ1) is 14.6. The summed E-state index contributed by atoms with van der Waals surface area (Å²) >= 11 is 0. The minimum atomic E-state index is 0. The Kier molecular flexibility index (Phi) is 4.01. The van der Waals surface area contributed by atoms with Gasteiger partial charge in [0.25, 0.3) is 0 Å². The molecule has 4 rings (SSSR count). The number of rotatable bonds is 2. The second-order valence-electron chi connectivity index (χ2n) is 6.02. The average molecular weight is 302 g/mol. The van der Waals surface area contributed by atoms with E-state index in [0.29, 0.717) is 5.78 Å². The van der Waals surface area contributed by atoms with Gasteiger partial charge < -0.3 is 5.32 Å². The van der Waals surface area contributed by atoms with E-state index in [1.165, 1.54) is 21.9 Å². The van der Waals surface area contributed by atoms with Crippen molar-refractivity contribution < 1.29 is 4.79 Å². The molecule has 0 amide bonds. The maximum absolute atomic E-state index is 12.8. The Morgan fingerprint density at radius 3 is 2.67 bits per heavy atom. The van der Waals surface area contributed by atoms with Crippen LogP contribution in [0.25, 0.3) is 10.8 Å². The maximum Gasteiger partial charge on any atom is 0.167 e. The van der Waals surface area contributed by atoms with Gasteiger partial charge in [-0.3, -0.25) is 4.79 Å². The van der Waals surface area contributed by atoms with E-state index in [0.717, 1.165) is 44.3 Å². The van der Waals surface area contributed by atoms with Gasteiger partial charge in [-0.15, -0.1) is 12.4 Å². The number of hydrogen-bond donors (Lipinski definition) is 1. The molecule has 1 saturated heterocycles. The van der Waals surface area contributed by atoms with E-state index in [4.69, 9.17) is 0 Å². The van der Waals surface area contributed by atoms with Crippen molar-refractivity contribution in [3.05, 3.63) is 47.0 Å². The van der Waals surface area contributed by atoms with Crippen molar-refractivity contribution in [3.63, 3.8) is 0 Å². The third-order valence-electron chi connectivity index (χ3n) is 4.81. The van der Waals surface area contributed by atoms with Crippen molar-refractivity contribution in [2.75, 3.05) is 13.1 Å². The first-order chi connectivity index (χ1) is 9.84. The van der Waals surface area contributed by atoms with Crippen molar-refractivity contribution in [2.24, 2.45) is 5.92 Å². The van der Waals surface area contributed by atoms with Gasteiger partial charge in [0.05, 0.1) is 0 Å². The van der Waals surface area contributed by atoms with Crippen molar-refractivity contribution in [2.45, 2.75) is 25.7 Å². The lowest BCUT2D eigenvalue weighted by Gasteiger charge is -2.22. The van der Waals surface area contributed by atoms with E-state index in [1.54, 1.807) is 0 Å². The van der Waals surface area contributed by atoms with Crippen LogP contribution in [-0.2, 0) is 12.8 Å². The van der Waals surface area contributed by atoms with Crippen molar-refractivity contribution >= 4 is 29.0 Å². The molecule has 110 valence electrons. The summed E-state index contributed by atoms with van der Waals surface area (Å²) in [6, 6.07) is 10.7. The molecule has 2 aromatic carbocycles. The molecule has 1 aliphatic carbocycles. The summed E-state index contributed by atoms with van der Waals surface area (Å²) in [6.07, 6.45) is 4.37. The predicted octanol–water partition coefficient (Wildman–Crippen LogP) is 3.54. The number of halogens is 1. The van der Waals surface area contributed by atoms with E-state index in [9.17, 15) is 4.79 Å². The number of carbonyl (C=O) groups excluding carboxylic acids is 1. The predicted molar refractivity (Wildman–Crippen MR) is 88.5 cm³/mol. The fraction of sp³-hybridized carbons (Fsp3) is 0.389. The topological polar surface area (TPSA) is 29.1 Å². The first-order valence-electron chi connectivity index (χ1n) is 7.63. The number of hydrogen-bond acceptors (Lipinski definition) is 2. The standard InChI is InChI=1S/C18H19NO.ClH/c20-18(14-4-2-10-19-11-14)16-9-8-13-7-6-12-3-1-5-15(16)17(12)13;/h1,3,5,8-9,14,19H,2,4,6-7,10-11H2;1H. The quantitative estimate of drug-likeness (QED) is 0.860. The van der Waals surface area contributed by atoms with Crippen molar-refractivity contribution in [1.82, 2.24) is 5.32 Å².